The Hall–Kier alpha value is -4.38. The van der Waals surface area contributed by atoms with Gasteiger partial charge in [-0.15, -0.1) is 0 Å². The minimum absolute atomic E-state index is 0.0376. The van der Waals surface area contributed by atoms with Crippen LogP contribution in [0.1, 0.15) is 38.5 Å². The van der Waals surface area contributed by atoms with Crippen molar-refractivity contribution in [2.75, 3.05) is 20.2 Å². The molecule has 0 bridgehead atoms. The van der Waals surface area contributed by atoms with Crippen molar-refractivity contribution in [2.45, 2.75) is 38.5 Å². The number of halogens is 10. The van der Waals surface area contributed by atoms with Crippen LogP contribution in [0.15, 0.2) is 0 Å². The third kappa shape index (κ3) is 8.57. The standard InChI is InChI=1S/C25H19F10NO7/c1-41-11(38)7-5-3-2-4-6-10(37)36(8-12(39)42-24-20(32)16(28)14(26)17(29)21(24)33)9-13(40)43-25-22(34)18(30)15(27)19(31)23(25)35/h2-9H2,1H3. The summed E-state index contributed by atoms with van der Waals surface area (Å²) < 4.78 is 148. The van der Waals surface area contributed by atoms with Crippen LogP contribution in [0.25, 0.3) is 0 Å². The van der Waals surface area contributed by atoms with Gasteiger partial charge in [0.2, 0.25) is 75.6 Å². The van der Waals surface area contributed by atoms with Crippen molar-refractivity contribution >= 4 is 23.8 Å². The van der Waals surface area contributed by atoms with Crippen LogP contribution in [-0.4, -0.2) is 48.9 Å². The third-order valence-electron chi connectivity index (χ3n) is 5.51. The number of benzene rings is 2. The Morgan fingerprint density at radius 1 is 0.488 bits per heavy atom. The van der Waals surface area contributed by atoms with Crippen LogP contribution in [0.3, 0.4) is 0 Å². The summed E-state index contributed by atoms with van der Waals surface area (Å²) in [5, 5.41) is 0. The highest BCUT2D eigenvalue weighted by Gasteiger charge is 2.32. The number of methoxy groups -OCH3 is 1. The number of ether oxygens (including phenoxy) is 3. The van der Waals surface area contributed by atoms with E-state index in [9.17, 15) is 63.1 Å². The quantitative estimate of drug-likeness (QED) is 0.0769. The van der Waals surface area contributed by atoms with Crippen molar-refractivity contribution < 1.29 is 77.3 Å². The molecule has 0 N–H and O–H groups in total. The molecule has 0 radical (unpaired) electrons. The number of carbonyl (C=O) groups is 4. The summed E-state index contributed by atoms with van der Waals surface area (Å²) in [5.74, 6) is -34.8. The van der Waals surface area contributed by atoms with Gasteiger partial charge < -0.3 is 19.1 Å². The maximum absolute atomic E-state index is 13.9. The van der Waals surface area contributed by atoms with E-state index in [1.54, 1.807) is 0 Å². The monoisotopic (exact) mass is 635 g/mol. The first-order valence-corrected chi connectivity index (χ1v) is 11.9. The zero-order chi connectivity index (χ0) is 32.6. The number of amides is 1. The Balaban J connectivity index is 2.22. The molecule has 0 fully saturated rings. The second-order valence-corrected chi connectivity index (χ2v) is 8.49. The Morgan fingerprint density at radius 3 is 1.16 bits per heavy atom. The molecule has 0 unspecified atom stereocenters. The normalized spacial score (nSPS) is 10.9. The maximum Gasteiger partial charge on any atom is 0.331 e. The zero-order valence-electron chi connectivity index (χ0n) is 21.7. The first-order chi connectivity index (χ1) is 20.1. The lowest BCUT2D eigenvalue weighted by atomic mass is 10.1. The van der Waals surface area contributed by atoms with Crippen molar-refractivity contribution in [1.82, 2.24) is 4.90 Å². The Kier molecular flexibility index (Phi) is 12.3. The van der Waals surface area contributed by atoms with E-state index in [2.05, 4.69) is 14.2 Å². The largest absolute Gasteiger partial charge is 0.469 e. The van der Waals surface area contributed by atoms with E-state index in [-0.39, 0.29) is 17.7 Å². The smallest absolute Gasteiger partial charge is 0.331 e. The fourth-order valence-electron chi connectivity index (χ4n) is 3.34. The molecular weight excluding hydrogens is 616 g/mol. The lowest BCUT2D eigenvalue weighted by molar-refractivity contribution is -0.147. The zero-order valence-corrected chi connectivity index (χ0v) is 21.7. The van der Waals surface area contributed by atoms with Crippen molar-refractivity contribution in [3.8, 4) is 11.5 Å². The van der Waals surface area contributed by atoms with Gasteiger partial charge in [-0.05, 0) is 12.8 Å². The predicted molar refractivity (Wildman–Crippen MR) is 120 cm³/mol. The molecule has 0 heterocycles. The Labute approximate surface area is 235 Å². The summed E-state index contributed by atoms with van der Waals surface area (Å²) in [6.07, 6.45) is 0.657. The fraction of sp³-hybridized carbons (Fsp3) is 0.360. The van der Waals surface area contributed by atoms with Gasteiger partial charge in [-0.25, -0.2) is 35.9 Å². The van der Waals surface area contributed by atoms with Gasteiger partial charge in [0.05, 0.1) is 7.11 Å². The van der Waals surface area contributed by atoms with Crippen molar-refractivity contribution in [2.24, 2.45) is 0 Å². The molecule has 2 aromatic rings. The molecule has 0 aliphatic carbocycles. The lowest BCUT2D eigenvalue weighted by Crippen LogP contribution is -2.42. The van der Waals surface area contributed by atoms with Crippen LogP contribution >= 0.6 is 0 Å². The highest BCUT2D eigenvalue weighted by molar-refractivity contribution is 5.87. The molecule has 8 nitrogen and oxygen atoms in total. The molecule has 0 atom stereocenters. The molecule has 0 aliphatic rings. The van der Waals surface area contributed by atoms with Crippen LogP contribution in [-0.2, 0) is 23.9 Å². The molecule has 2 rings (SSSR count). The molecule has 236 valence electrons. The van der Waals surface area contributed by atoms with E-state index >= 15 is 0 Å². The van der Waals surface area contributed by atoms with Crippen LogP contribution in [0, 0.1) is 58.2 Å². The minimum atomic E-state index is -2.57. The number of hydrogen-bond donors (Lipinski definition) is 0. The average Bonchev–Trinajstić information content (AvgIpc) is 2.98. The van der Waals surface area contributed by atoms with Gasteiger partial charge in [-0.2, -0.15) is 17.6 Å². The van der Waals surface area contributed by atoms with Crippen molar-refractivity contribution in [3.05, 3.63) is 58.2 Å². The summed E-state index contributed by atoms with van der Waals surface area (Å²) in [6.45, 7) is -2.90. The van der Waals surface area contributed by atoms with Gasteiger partial charge in [0.15, 0.2) is 0 Å². The van der Waals surface area contributed by atoms with Crippen molar-refractivity contribution in [1.29, 1.82) is 0 Å². The molecule has 0 saturated carbocycles. The first-order valence-electron chi connectivity index (χ1n) is 11.9. The van der Waals surface area contributed by atoms with Gasteiger partial charge in [0.1, 0.15) is 13.1 Å². The predicted octanol–water partition coefficient (Wildman–Crippen LogP) is 4.93. The van der Waals surface area contributed by atoms with Gasteiger partial charge >= 0.3 is 17.9 Å². The molecular formula is C25H19F10NO7. The molecule has 0 aliphatic heterocycles. The minimum Gasteiger partial charge on any atom is -0.469 e. The van der Waals surface area contributed by atoms with E-state index in [0.29, 0.717) is 19.3 Å². The number of esters is 3. The van der Waals surface area contributed by atoms with Gasteiger partial charge in [0.25, 0.3) is 0 Å². The maximum atomic E-state index is 13.9. The highest BCUT2D eigenvalue weighted by Crippen LogP contribution is 2.30. The molecule has 2 aromatic carbocycles. The second-order valence-electron chi connectivity index (χ2n) is 8.49. The summed E-state index contributed by atoms with van der Waals surface area (Å²) >= 11 is 0. The number of hydrogen-bond acceptors (Lipinski definition) is 7. The van der Waals surface area contributed by atoms with E-state index < -0.39 is 113 Å². The molecule has 43 heavy (non-hydrogen) atoms. The number of rotatable bonds is 13. The first kappa shape index (κ1) is 34.8. The fourth-order valence-corrected chi connectivity index (χ4v) is 3.34. The molecule has 0 aromatic heterocycles. The van der Waals surface area contributed by atoms with Gasteiger partial charge in [0, 0.05) is 12.8 Å². The molecule has 1 amide bonds. The van der Waals surface area contributed by atoms with Crippen LogP contribution in [0.4, 0.5) is 43.9 Å². The SMILES string of the molecule is COC(=O)CCCCCCC(=O)N(CC(=O)Oc1c(F)c(F)c(F)c(F)c1F)CC(=O)Oc1c(F)c(F)c(F)c(F)c1F. The second kappa shape index (κ2) is 15.2. The van der Waals surface area contributed by atoms with Gasteiger partial charge in [-0.3, -0.25) is 9.59 Å². The summed E-state index contributed by atoms with van der Waals surface area (Å²) in [6, 6.07) is 0. The molecule has 18 heteroatoms. The number of carbonyl (C=O) groups excluding carboxylic acids is 4. The third-order valence-corrected chi connectivity index (χ3v) is 5.51. The lowest BCUT2D eigenvalue weighted by Gasteiger charge is -2.21. The Morgan fingerprint density at radius 2 is 0.814 bits per heavy atom. The molecule has 0 saturated heterocycles. The van der Waals surface area contributed by atoms with Crippen LogP contribution < -0.4 is 9.47 Å². The summed E-state index contributed by atoms with van der Waals surface area (Å²) in [5.41, 5.74) is 0. The van der Waals surface area contributed by atoms with Crippen LogP contribution in [0.2, 0.25) is 0 Å². The highest BCUT2D eigenvalue weighted by atomic mass is 19.2. The number of unbranched alkanes of at least 4 members (excludes halogenated alkanes) is 3. The summed E-state index contributed by atoms with van der Waals surface area (Å²) in [7, 11) is 1.17. The van der Waals surface area contributed by atoms with Gasteiger partial charge in [-0.1, -0.05) is 12.8 Å². The van der Waals surface area contributed by atoms with Crippen molar-refractivity contribution in [3.63, 3.8) is 0 Å². The summed E-state index contributed by atoms with van der Waals surface area (Å²) in [4.78, 5) is 48.6. The number of nitrogens with zero attached hydrogens (tertiary/aromatic N) is 1. The van der Waals surface area contributed by atoms with E-state index in [1.165, 1.54) is 7.11 Å². The topological polar surface area (TPSA) is 99.2 Å². The average molecular weight is 635 g/mol. The Bertz CT molecular complexity index is 1280. The van der Waals surface area contributed by atoms with Crippen LogP contribution in [0.5, 0.6) is 11.5 Å². The molecule has 0 spiro atoms. The van der Waals surface area contributed by atoms with E-state index in [1.807, 2.05) is 0 Å². The van der Waals surface area contributed by atoms with E-state index in [0.717, 1.165) is 0 Å². The van der Waals surface area contributed by atoms with E-state index in [4.69, 9.17) is 0 Å².